The quantitative estimate of drug-likeness (QED) is 0.868. The van der Waals surface area contributed by atoms with Crippen molar-refractivity contribution < 1.29 is 21.6 Å². The molecule has 1 fully saturated rings. The van der Waals surface area contributed by atoms with E-state index in [0.717, 1.165) is 0 Å². The van der Waals surface area contributed by atoms with E-state index < -0.39 is 21.4 Å². The van der Waals surface area contributed by atoms with Crippen LogP contribution in [0, 0.1) is 5.92 Å². The lowest BCUT2D eigenvalue weighted by atomic mass is 9.93. The van der Waals surface area contributed by atoms with Crippen molar-refractivity contribution in [3.05, 3.63) is 29.8 Å². The molecule has 0 saturated carbocycles. The van der Waals surface area contributed by atoms with E-state index >= 15 is 0 Å². The second kappa shape index (κ2) is 5.57. The largest absolute Gasteiger partial charge is 0.446 e. The molecule has 20 heavy (non-hydrogen) atoms. The lowest BCUT2D eigenvalue weighted by molar-refractivity contribution is -0.0328. The predicted octanol–water partition coefficient (Wildman–Crippen LogP) is 2.73. The average molecular weight is 325 g/mol. The minimum Gasteiger partial charge on any atom is -0.324 e. The first kappa shape index (κ1) is 15.7. The number of hydrogen-bond acceptors (Lipinski definition) is 4. The van der Waals surface area contributed by atoms with Crippen molar-refractivity contribution >= 4 is 21.6 Å². The first-order chi connectivity index (χ1) is 9.16. The summed E-state index contributed by atoms with van der Waals surface area (Å²) >= 11 is -0.184. The summed E-state index contributed by atoms with van der Waals surface area (Å²) in [6.07, 6.45) is 0.503. The van der Waals surface area contributed by atoms with Gasteiger partial charge < -0.3 is 5.73 Å². The van der Waals surface area contributed by atoms with Gasteiger partial charge in [-0.05, 0) is 41.8 Å². The molecule has 0 aliphatic carbocycles. The molecule has 1 heterocycles. The molecule has 1 aliphatic heterocycles. The average Bonchev–Trinajstić information content (AvgIpc) is 2.68. The molecular weight excluding hydrogens is 311 g/mol. The first-order valence-electron chi connectivity index (χ1n) is 5.98. The van der Waals surface area contributed by atoms with Gasteiger partial charge in [0.25, 0.3) is 0 Å². The minimum atomic E-state index is -4.32. The van der Waals surface area contributed by atoms with Gasteiger partial charge in [0, 0.05) is 10.9 Å². The fraction of sp³-hybridized carbons (Fsp3) is 0.500. The molecule has 1 aromatic carbocycles. The zero-order chi connectivity index (χ0) is 15.0. The Morgan fingerprint density at radius 1 is 1.25 bits per heavy atom. The van der Waals surface area contributed by atoms with Crippen molar-refractivity contribution in [1.82, 2.24) is 0 Å². The zero-order valence-corrected chi connectivity index (χ0v) is 12.1. The van der Waals surface area contributed by atoms with E-state index in [1.165, 1.54) is 24.3 Å². The number of alkyl halides is 3. The Morgan fingerprint density at radius 3 is 2.30 bits per heavy atom. The van der Waals surface area contributed by atoms with E-state index in [-0.39, 0.29) is 34.1 Å². The number of sulfone groups is 1. The van der Waals surface area contributed by atoms with Gasteiger partial charge in [0.05, 0.1) is 11.5 Å². The molecule has 0 bridgehead atoms. The molecule has 0 radical (unpaired) electrons. The number of hydrogen-bond donors (Lipinski definition) is 1. The van der Waals surface area contributed by atoms with E-state index in [4.69, 9.17) is 5.73 Å². The van der Waals surface area contributed by atoms with E-state index in [0.29, 0.717) is 12.0 Å². The molecule has 1 aromatic rings. The second-order valence-corrected chi connectivity index (χ2v) is 8.17. The maximum absolute atomic E-state index is 12.2. The van der Waals surface area contributed by atoms with E-state index in [1.54, 1.807) is 0 Å². The molecule has 0 spiro atoms. The number of rotatable bonds is 3. The minimum absolute atomic E-state index is 0.0488. The standard InChI is InChI=1S/C12H14F3NO2S2/c13-12(14,15)19-10-3-1-8(2-4-10)11(16)9-5-6-20(17,18)7-9/h1-4,9,11H,5-7,16H2. The molecule has 2 atom stereocenters. The van der Waals surface area contributed by atoms with Gasteiger partial charge in [0.15, 0.2) is 9.84 Å². The summed E-state index contributed by atoms with van der Waals surface area (Å²) < 4.78 is 59.4. The van der Waals surface area contributed by atoms with Crippen molar-refractivity contribution in [2.75, 3.05) is 11.5 Å². The Bertz CT molecular complexity index is 569. The van der Waals surface area contributed by atoms with Crippen LogP contribution in [0.3, 0.4) is 0 Å². The Morgan fingerprint density at radius 2 is 1.85 bits per heavy atom. The molecular formula is C12H14F3NO2S2. The third kappa shape index (κ3) is 4.13. The van der Waals surface area contributed by atoms with Gasteiger partial charge in [-0.3, -0.25) is 0 Å². The van der Waals surface area contributed by atoms with Gasteiger partial charge in [-0.15, -0.1) is 0 Å². The lowest BCUT2D eigenvalue weighted by Crippen LogP contribution is -2.22. The predicted molar refractivity (Wildman–Crippen MR) is 72.0 cm³/mol. The van der Waals surface area contributed by atoms with Crippen LogP contribution in [0.2, 0.25) is 0 Å². The lowest BCUT2D eigenvalue weighted by Gasteiger charge is -2.18. The number of benzene rings is 1. The summed E-state index contributed by atoms with van der Waals surface area (Å²) in [5, 5.41) is 0. The van der Waals surface area contributed by atoms with Crippen molar-refractivity contribution in [3.8, 4) is 0 Å². The van der Waals surface area contributed by atoms with E-state index in [1.807, 2.05) is 0 Å². The fourth-order valence-corrected chi connectivity index (χ4v) is 4.67. The molecule has 2 unspecified atom stereocenters. The van der Waals surface area contributed by atoms with Crippen LogP contribution in [0.15, 0.2) is 29.2 Å². The van der Waals surface area contributed by atoms with Gasteiger partial charge in [0.2, 0.25) is 0 Å². The Balaban J connectivity index is 2.06. The van der Waals surface area contributed by atoms with Crippen LogP contribution in [0.25, 0.3) is 0 Å². The highest BCUT2D eigenvalue weighted by molar-refractivity contribution is 8.00. The monoisotopic (exact) mass is 325 g/mol. The molecule has 3 nitrogen and oxygen atoms in total. The number of halogens is 3. The van der Waals surface area contributed by atoms with Crippen LogP contribution in [0.1, 0.15) is 18.0 Å². The summed E-state index contributed by atoms with van der Waals surface area (Å²) in [6.45, 7) is 0. The van der Waals surface area contributed by atoms with Crippen molar-refractivity contribution in [2.24, 2.45) is 11.7 Å². The summed E-state index contributed by atoms with van der Waals surface area (Å²) in [7, 11) is -3.01. The van der Waals surface area contributed by atoms with Crippen LogP contribution < -0.4 is 5.73 Å². The summed E-state index contributed by atoms with van der Waals surface area (Å²) in [5.41, 5.74) is 2.35. The molecule has 8 heteroatoms. The van der Waals surface area contributed by atoms with Gasteiger partial charge in [-0.2, -0.15) is 13.2 Å². The first-order valence-corrected chi connectivity index (χ1v) is 8.62. The summed E-state index contributed by atoms with van der Waals surface area (Å²) in [6, 6.07) is 5.32. The highest BCUT2D eigenvalue weighted by atomic mass is 32.2. The third-order valence-corrected chi connectivity index (χ3v) is 5.81. The normalized spacial score (nSPS) is 23.7. The molecule has 0 amide bonds. The van der Waals surface area contributed by atoms with Crippen LogP contribution in [-0.2, 0) is 9.84 Å². The van der Waals surface area contributed by atoms with Crippen LogP contribution in [0.5, 0.6) is 0 Å². The van der Waals surface area contributed by atoms with Crippen molar-refractivity contribution in [3.63, 3.8) is 0 Å². The highest BCUT2D eigenvalue weighted by Gasteiger charge is 2.33. The second-order valence-electron chi connectivity index (χ2n) is 4.81. The molecule has 2 N–H and O–H groups in total. The highest BCUT2D eigenvalue weighted by Crippen LogP contribution is 2.37. The topological polar surface area (TPSA) is 60.2 Å². The van der Waals surface area contributed by atoms with Crippen LogP contribution in [-0.4, -0.2) is 25.4 Å². The summed E-state index contributed by atoms with van der Waals surface area (Å²) in [4.78, 5) is 0.0903. The Labute approximate surface area is 119 Å². The maximum Gasteiger partial charge on any atom is 0.446 e. The van der Waals surface area contributed by atoms with Crippen molar-refractivity contribution in [1.29, 1.82) is 0 Å². The van der Waals surface area contributed by atoms with E-state index in [9.17, 15) is 21.6 Å². The number of thioether (sulfide) groups is 1. The van der Waals surface area contributed by atoms with Gasteiger partial charge in [-0.1, -0.05) is 12.1 Å². The summed E-state index contributed by atoms with van der Waals surface area (Å²) in [5.74, 6) is 0.0155. The van der Waals surface area contributed by atoms with Gasteiger partial charge >= 0.3 is 5.51 Å². The smallest absolute Gasteiger partial charge is 0.324 e. The Kier molecular flexibility index (Phi) is 4.36. The SMILES string of the molecule is NC(c1ccc(SC(F)(F)F)cc1)C1CCS(=O)(=O)C1. The Hall–Kier alpha value is -0.730. The van der Waals surface area contributed by atoms with Gasteiger partial charge in [-0.25, -0.2) is 8.42 Å². The maximum atomic E-state index is 12.2. The molecule has 1 saturated heterocycles. The third-order valence-electron chi connectivity index (χ3n) is 3.27. The van der Waals surface area contributed by atoms with Crippen LogP contribution in [0.4, 0.5) is 13.2 Å². The van der Waals surface area contributed by atoms with Gasteiger partial charge in [0.1, 0.15) is 0 Å². The number of nitrogens with two attached hydrogens (primary N) is 1. The molecule has 2 rings (SSSR count). The van der Waals surface area contributed by atoms with E-state index in [2.05, 4.69) is 0 Å². The molecule has 0 aromatic heterocycles. The van der Waals surface area contributed by atoms with Crippen molar-refractivity contribution in [2.45, 2.75) is 22.9 Å². The zero-order valence-electron chi connectivity index (χ0n) is 10.4. The molecule has 112 valence electrons. The molecule has 1 aliphatic rings. The fourth-order valence-electron chi connectivity index (χ4n) is 2.27. The van der Waals surface area contributed by atoms with Crippen LogP contribution >= 0.6 is 11.8 Å².